The van der Waals surface area contributed by atoms with Gasteiger partial charge in [-0.25, -0.2) is 4.79 Å². The fourth-order valence-corrected chi connectivity index (χ4v) is 3.56. The molecule has 3 amide bonds. The van der Waals surface area contributed by atoms with Gasteiger partial charge in [0, 0.05) is 37.2 Å². The predicted octanol–water partition coefficient (Wildman–Crippen LogP) is 2.67. The first kappa shape index (κ1) is 18.5. The molecule has 1 aliphatic rings. The molecule has 1 aromatic carbocycles. The fraction of sp³-hybridized carbons (Fsp3) is 0.444. The zero-order valence-electron chi connectivity index (χ0n) is 14.8. The molecule has 1 saturated heterocycles. The van der Waals surface area contributed by atoms with E-state index in [1.54, 1.807) is 6.07 Å². The normalized spacial score (nSPS) is 17.5. The van der Waals surface area contributed by atoms with Crippen molar-refractivity contribution in [2.45, 2.75) is 32.7 Å². The van der Waals surface area contributed by atoms with Crippen LogP contribution in [0.4, 0.5) is 10.5 Å². The number of hydrogen-bond acceptors (Lipinski definition) is 4. The smallest absolute Gasteiger partial charge is 0.322 e. The van der Waals surface area contributed by atoms with E-state index in [1.807, 2.05) is 19.9 Å². The average molecular weight is 380 g/mol. The van der Waals surface area contributed by atoms with E-state index in [2.05, 4.69) is 10.6 Å². The second-order valence-electron chi connectivity index (χ2n) is 6.28. The maximum Gasteiger partial charge on any atom is 0.322 e. The molecule has 3 N–H and O–H groups in total. The molecule has 1 fully saturated rings. The lowest BCUT2D eigenvalue weighted by molar-refractivity contribution is -0.128. The molecule has 140 valence electrons. The third-order valence-corrected chi connectivity index (χ3v) is 4.94. The molecule has 0 bridgehead atoms. The van der Waals surface area contributed by atoms with E-state index in [0.717, 1.165) is 23.1 Å². The second-order valence-corrected chi connectivity index (χ2v) is 6.69. The summed E-state index contributed by atoms with van der Waals surface area (Å²) in [5.41, 5.74) is 2.14. The van der Waals surface area contributed by atoms with Gasteiger partial charge in [0.05, 0.1) is 5.02 Å². The van der Waals surface area contributed by atoms with E-state index in [4.69, 9.17) is 16.0 Å². The van der Waals surface area contributed by atoms with Crippen LogP contribution >= 0.6 is 11.6 Å². The van der Waals surface area contributed by atoms with Crippen LogP contribution in [-0.4, -0.2) is 47.7 Å². The van der Waals surface area contributed by atoms with E-state index < -0.39 is 12.1 Å². The first-order chi connectivity index (χ1) is 12.5. The van der Waals surface area contributed by atoms with Crippen molar-refractivity contribution in [3.05, 3.63) is 28.5 Å². The van der Waals surface area contributed by atoms with Crippen LogP contribution in [0.3, 0.4) is 0 Å². The third-order valence-electron chi connectivity index (χ3n) is 4.66. The molecule has 1 aliphatic heterocycles. The van der Waals surface area contributed by atoms with Crippen molar-refractivity contribution in [2.75, 3.05) is 25.0 Å². The van der Waals surface area contributed by atoms with Gasteiger partial charge >= 0.3 is 6.03 Å². The zero-order chi connectivity index (χ0) is 18.8. The Morgan fingerprint density at radius 3 is 2.96 bits per heavy atom. The summed E-state index contributed by atoms with van der Waals surface area (Å²) in [6.07, 6.45) is 0.948. The van der Waals surface area contributed by atoms with Gasteiger partial charge in [0.25, 0.3) is 0 Å². The standard InChI is InChI=1S/C18H22ClN3O4/c1-3-15-10(2)12-8-11(9-13(19)16(12)26-15)21-18(25)22-6-5-20-17(24)14(22)4-7-23/h8-9,14,23H,3-7H2,1-2H3,(H,20,24)(H,21,25). The number of anilines is 1. The quantitative estimate of drug-likeness (QED) is 0.761. The molecule has 1 aromatic heterocycles. The minimum Gasteiger partial charge on any atom is -0.459 e. The lowest BCUT2D eigenvalue weighted by Crippen LogP contribution is -2.58. The van der Waals surface area contributed by atoms with Crippen molar-refractivity contribution >= 4 is 40.2 Å². The van der Waals surface area contributed by atoms with E-state index in [-0.39, 0.29) is 18.9 Å². The SMILES string of the molecule is CCc1oc2c(Cl)cc(NC(=O)N3CCNC(=O)C3CCO)cc2c1C. The number of amides is 3. The van der Waals surface area contributed by atoms with E-state index >= 15 is 0 Å². The minimum atomic E-state index is -0.685. The number of aliphatic hydroxyl groups excluding tert-OH is 1. The molecule has 3 rings (SSSR count). The summed E-state index contributed by atoms with van der Waals surface area (Å²) in [6.45, 7) is 4.55. The number of carbonyl (C=O) groups is 2. The number of aliphatic hydroxyl groups is 1. The highest BCUT2D eigenvalue weighted by atomic mass is 35.5. The molecular formula is C18H22ClN3O4. The zero-order valence-corrected chi connectivity index (χ0v) is 15.5. The highest BCUT2D eigenvalue weighted by molar-refractivity contribution is 6.35. The number of halogens is 1. The number of furan rings is 1. The highest BCUT2D eigenvalue weighted by Crippen LogP contribution is 2.34. The van der Waals surface area contributed by atoms with Gasteiger partial charge in [0.2, 0.25) is 5.91 Å². The summed E-state index contributed by atoms with van der Waals surface area (Å²) in [7, 11) is 0. The van der Waals surface area contributed by atoms with Gasteiger partial charge in [-0.3, -0.25) is 4.79 Å². The first-order valence-electron chi connectivity index (χ1n) is 8.64. The number of piperazine rings is 1. The molecule has 7 nitrogen and oxygen atoms in total. The fourth-order valence-electron chi connectivity index (χ4n) is 3.30. The summed E-state index contributed by atoms with van der Waals surface area (Å²) >= 11 is 6.32. The minimum absolute atomic E-state index is 0.173. The summed E-state index contributed by atoms with van der Waals surface area (Å²) in [5, 5.41) is 16.0. The first-order valence-corrected chi connectivity index (χ1v) is 9.01. The van der Waals surface area contributed by atoms with Gasteiger partial charge in [0.1, 0.15) is 11.8 Å². The summed E-state index contributed by atoms with van der Waals surface area (Å²) in [5.74, 6) is 0.605. The number of urea groups is 1. The van der Waals surface area contributed by atoms with Gasteiger partial charge in [-0.15, -0.1) is 0 Å². The number of hydrogen-bond donors (Lipinski definition) is 3. The van der Waals surface area contributed by atoms with Crippen LogP contribution < -0.4 is 10.6 Å². The molecular weight excluding hydrogens is 358 g/mol. The maximum atomic E-state index is 12.7. The van der Waals surface area contributed by atoms with Crippen molar-refractivity contribution in [2.24, 2.45) is 0 Å². The van der Waals surface area contributed by atoms with Crippen LogP contribution in [-0.2, 0) is 11.2 Å². The molecule has 2 aromatic rings. The van der Waals surface area contributed by atoms with Crippen molar-refractivity contribution in [1.29, 1.82) is 0 Å². The lowest BCUT2D eigenvalue weighted by Gasteiger charge is -2.34. The molecule has 2 heterocycles. The van der Waals surface area contributed by atoms with Crippen LogP contribution in [0.25, 0.3) is 11.0 Å². The van der Waals surface area contributed by atoms with Gasteiger partial charge in [-0.2, -0.15) is 0 Å². The van der Waals surface area contributed by atoms with E-state index in [1.165, 1.54) is 4.90 Å². The van der Waals surface area contributed by atoms with Crippen molar-refractivity contribution < 1.29 is 19.1 Å². The van der Waals surface area contributed by atoms with Crippen molar-refractivity contribution in [3.8, 4) is 0 Å². The Labute approximate surface area is 156 Å². The summed E-state index contributed by atoms with van der Waals surface area (Å²) in [6, 6.07) is 2.37. The molecule has 8 heteroatoms. The number of nitrogens with zero attached hydrogens (tertiary/aromatic N) is 1. The Morgan fingerprint density at radius 1 is 1.50 bits per heavy atom. The third kappa shape index (κ3) is 3.37. The number of nitrogens with one attached hydrogen (secondary N) is 2. The number of fused-ring (bicyclic) bond motifs is 1. The molecule has 1 unspecified atom stereocenters. The average Bonchev–Trinajstić information content (AvgIpc) is 2.93. The summed E-state index contributed by atoms with van der Waals surface area (Å²) in [4.78, 5) is 26.1. The lowest BCUT2D eigenvalue weighted by atomic mass is 10.1. The number of rotatable bonds is 4. The Bertz CT molecular complexity index is 849. The van der Waals surface area contributed by atoms with Gasteiger partial charge in [-0.05, 0) is 31.0 Å². The second kappa shape index (κ2) is 7.55. The van der Waals surface area contributed by atoms with E-state index in [0.29, 0.717) is 29.4 Å². The van der Waals surface area contributed by atoms with Crippen LogP contribution in [0.1, 0.15) is 24.7 Å². The molecule has 0 radical (unpaired) electrons. The van der Waals surface area contributed by atoms with Gasteiger partial charge in [0.15, 0.2) is 5.58 Å². The Balaban J connectivity index is 1.86. The van der Waals surface area contributed by atoms with Crippen LogP contribution in [0.5, 0.6) is 0 Å². The van der Waals surface area contributed by atoms with Crippen molar-refractivity contribution in [3.63, 3.8) is 0 Å². The summed E-state index contributed by atoms with van der Waals surface area (Å²) < 4.78 is 5.78. The monoisotopic (exact) mass is 379 g/mol. The molecule has 26 heavy (non-hydrogen) atoms. The topological polar surface area (TPSA) is 94.8 Å². The van der Waals surface area contributed by atoms with Gasteiger partial charge < -0.3 is 25.1 Å². The van der Waals surface area contributed by atoms with Crippen molar-refractivity contribution in [1.82, 2.24) is 10.2 Å². The Morgan fingerprint density at radius 2 is 2.27 bits per heavy atom. The molecule has 0 spiro atoms. The highest BCUT2D eigenvalue weighted by Gasteiger charge is 2.32. The number of carbonyl (C=O) groups excluding carboxylic acids is 2. The maximum absolute atomic E-state index is 12.7. The molecule has 0 aliphatic carbocycles. The van der Waals surface area contributed by atoms with Crippen LogP contribution in [0.15, 0.2) is 16.5 Å². The number of aryl methyl sites for hydroxylation is 2. The number of benzene rings is 1. The Kier molecular flexibility index (Phi) is 5.38. The van der Waals surface area contributed by atoms with Crippen LogP contribution in [0, 0.1) is 6.92 Å². The largest absolute Gasteiger partial charge is 0.459 e. The Hall–Kier alpha value is -2.25. The van der Waals surface area contributed by atoms with Gasteiger partial charge in [-0.1, -0.05) is 18.5 Å². The van der Waals surface area contributed by atoms with Crippen LogP contribution in [0.2, 0.25) is 5.02 Å². The predicted molar refractivity (Wildman–Crippen MR) is 99.6 cm³/mol. The van der Waals surface area contributed by atoms with E-state index in [9.17, 15) is 14.7 Å². The molecule has 1 atom stereocenters. The molecule has 0 saturated carbocycles.